The number of carbonyl (C=O) groups is 1. The molecule has 1 heterocycles. The molecule has 1 aliphatic rings. The molecule has 2 aromatic carbocycles. The van der Waals surface area contributed by atoms with Crippen LogP contribution in [0.5, 0.6) is 5.75 Å². The summed E-state index contributed by atoms with van der Waals surface area (Å²) in [6, 6.07) is 11.8. The molecule has 25 heavy (non-hydrogen) atoms. The third kappa shape index (κ3) is 4.10. The summed E-state index contributed by atoms with van der Waals surface area (Å²) in [5.41, 5.74) is 4.57. The number of ether oxygens (including phenoxy) is 2. The maximum Gasteiger partial charge on any atom is 0.193 e. The van der Waals surface area contributed by atoms with Gasteiger partial charge in [-0.25, -0.2) is 0 Å². The molecule has 132 valence electrons. The van der Waals surface area contributed by atoms with Crippen molar-refractivity contribution in [2.45, 2.75) is 46.1 Å². The molecule has 0 N–H and O–H groups in total. The van der Waals surface area contributed by atoms with Gasteiger partial charge in [-0.05, 0) is 54.2 Å². The van der Waals surface area contributed by atoms with Crippen molar-refractivity contribution < 1.29 is 14.3 Å². The van der Waals surface area contributed by atoms with Gasteiger partial charge in [0.2, 0.25) is 0 Å². The van der Waals surface area contributed by atoms with Crippen LogP contribution in [0.4, 0.5) is 0 Å². The number of aryl methyl sites for hydroxylation is 2. The second-order valence-electron chi connectivity index (χ2n) is 7.86. The van der Waals surface area contributed by atoms with Crippen LogP contribution in [0.15, 0.2) is 36.4 Å². The highest BCUT2D eigenvalue weighted by Crippen LogP contribution is 2.27. The minimum atomic E-state index is 0.0168. The van der Waals surface area contributed by atoms with Gasteiger partial charge < -0.3 is 9.47 Å². The van der Waals surface area contributed by atoms with Gasteiger partial charge in [0.1, 0.15) is 18.5 Å². The number of rotatable bonds is 5. The lowest BCUT2D eigenvalue weighted by Gasteiger charge is -2.20. The van der Waals surface area contributed by atoms with E-state index in [1.807, 2.05) is 44.2 Å². The lowest BCUT2D eigenvalue weighted by molar-refractivity contribution is 0.103. The van der Waals surface area contributed by atoms with E-state index in [0.29, 0.717) is 6.61 Å². The average molecular weight is 338 g/mol. The van der Waals surface area contributed by atoms with Crippen LogP contribution in [-0.4, -0.2) is 25.1 Å². The van der Waals surface area contributed by atoms with Gasteiger partial charge in [-0.1, -0.05) is 39.0 Å². The maximum absolute atomic E-state index is 13.1. The molecule has 0 amide bonds. The Hall–Kier alpha value is -2.13. The van der Waals surface area contributed by atoms with Crippen molar-refractivity contribution >= 4 is 5.78 Å². The van der Waals surface area contributed by atoms with E-state index < -0.39 is 0 Å². The number of hydrogen-bond donors (Lipinski definition) is 0. The molecule has 0 aliphatic carbocycles. The van der Waals surface area contributed by atoms with Gasteiger partial charge in [-0.15, -0.1) is 0 Å². The maximum atomic E-state index is 13.1. The van der Waals surface area contributed by atoms with Gasteiger partial charge in [-0.2, -0.15) is 0 Å². The predicted molar refractivity (Wildman–Crippen MR) is 99.7 cm³/mol. The number of benzene rings is 2. The van der Waals surface area contributed by atoms with Crippen molar-refractivity contribution in [1.29, 1.82) is 0 Å². The highest BCUT2D eigenvalue weighted by Gasteiger charge is 2.24. The molecule has 1 saturated heterocycles. The number of hydrogen-bond acceptors (Lipinski definition) is 3. The first kappa shape index (κ1) is 17.7. The van der Waals surface area contributed by atoms with Crippen LogP contribution in [0.3, 0.4) is 0 Å². The summed E-state index contributed by atoms with van der Waals surface area (Å²) in [7, 11) is 0. The summed E-state index contributed by atoms with van der Waals surface area (Å²) in [5, 5.41) is 0. The van der Waals surface area contributed by atoms with Gasteiger partial charge in [0.05, 0.1) is 6.61 Å². The molecule has 1 unspecified atom stereocenters. The second-order valence-corrected chi connectivity index (χ2v) is 7.86. The van der Waals surface area contributed by atoms with Crippen LogP contribution in [0, 0.1) is 13.8 Å². The fourth-order valence-electron chi connectivity index (χ4n) is 2.99. The van der Waals surface area contributed by atoms with Crippen LogP contribution < -0.4 is 4.74 Å². The van der Waals surface area contributed by atoms with E-state index in [4.69, 9.17) is 9.47 Å². The Bertz CT molecular complexity index is 772. The second kappa shape index (κ2) is 6.64. The van der Waals surface area contributed by atoms with Crippen molar-refractivity contribution in [2.75, 3.05) is 13.2 Å². The quantitative estimate of drug-likeness (QED) is 0.590. The van der Waals surface area contributed by atoms with Gasteiger partial charge in [-0.3, -0.25) is 4.79 Å². The lowest BCUT2D eigenvalue weighted by atomic mass is 9.85. The fourth-order valence-corrected chi connectivity index (χ4v) is 2.99. The van der Waals surface area contributed by atoms with E-state index in [9.17, 15) is 4.79 Å². The zero-order valence-corrected chi connectivity index (χ0v) is 15.7. The molecule has 3 nitrogen and oxygen atoms in total. The summed E-state index contributed by atoms with van der Waals surface area (Å²) >= 11 is 0. The molecule has 1 aliphatic heterocycles. The van der Waals surface area contributed by atoms with Crippen LogP contribution in [-0.2, 0) is 10.2 Å². The Labute approximate surface area is 150 Å². The Morgan fingerprint density at radius 2 is 1.80 bits per heavy atom. The molecular formula is C22H26O3. The Kier molecular flexibility index (Phi) is 4.70. The van der Waals surface area contributed by atoms with Crippen LogP contribution in [0.2, 0.25) is 0 Å². The molecule has 0 saturated carbocycles. The molecule has 1 fully saturated rings. The average Bonchev–Trinajstić information content (AvgIpc) is 3.36. The Morgan fingerprint density at radius 1 is 1.16 bits per heavy atom. The van der Waals surface area contributed by atoms with Crippen molar-refractivity contribution in [3.63, 3.8) is 0 Å². The van der Waals surface area contributed by atoms with Gasteiger partial charge in [0, 0.05) is 11.1 Å². The first-order valence-corrected chi connectivity index (χ1v) is 8.76. The van der Waals surface area contributed by atoms with Crippen molar-refractivity contribution in [3.05, 3.63) is 64.2 Å². The van der Waals surface area contributed by atoms with E-state index in [2.05, 4.69) is 26.8 Å². The first-order chi connectivity index (χ1) is 11.8. The molecule has 0 radical (unpaired) electrons. The first-order valence-electron chi connectivity index (χ1n) is 8.76. The predicted octanol–water partition coefficient (Wildman–Crippen LogP) is 4.61. The lowest BCUT2D eigenvalue weighted by Crippen LogP contribution is -2.13. The normalized spacial score (nSPS) is 16.6. The zero-order chi connectivity index (χ0) is 18.2. The summed E-state index contributed by atoms with van der Waals surface area (Å²) in [6.07, 6.45) is 0.224. The van der Waals surface area contributed by atoms with Gasteiger partial charge in [0.25, 0.3) is 0 Å². The highest BCUT2D eigenvalue weighted by molar-refractivity contribution is 6.11. The largest absolute Gasteiger partial charge is 0.491 e. The monoisotopic (exact) mass is 338 g/mol. The van der Waals surface area contributed by atoms with Crippen LogP contribution in [0.1, 0.15) is 53.4 Å². The summed E-state index contributed by atoms with van der Waals surface area (Å²) in [4.78, 5) is 13.1. The number of ketones is 1. The van der Waals surface area contributed by atoms with Gasteiger partial charge in [0.15, 0.2) is 5.78 Å². The van der Waals surface area contributed by atoms with Gasteiger partial charge >= 0.3 is 0 Å². The number of epoxide rings is 1. The topological polar surface area (TPSA) is 38.8 Å². The number of carbonyl (C=O) groups excluding carboxylic acids is 1. The highest BCUT2D eigenvalue weighted by atomic mass is 16.6. The molecule has 0 bridgehead atoms. The molecule has 0 aromatic heterocycles. The third-order valence-electron chi connectivity index (χ3n) is 4.56. The van der Waals surface area contributed by atoms with E-state index in [1.165, 1.54) is 0 Å². The van der Waals surface area contributed by atoms with E-state index >= 15 is 0 Å². The molecule has 0 spiro atoms. The molecule has 2 aromatic rings. The van der Waals surface area contributed by atoms with E-state index in [1.54, 1.807) is 0 Å². The minimum Gasteiger partial charge on any atom is -0.491 e. The van der Waals surface area contributed by atoms with Crippen molar-refractivity contribution in [1.82, 2.24) is 0 Å². The Morgan fingerprint density at radius 3 is 2.36 bits per heavy atom. The zero-order valence-electron chi connectivity index (χ0n) is 15.7. The molecular weight excluding hydrogens is 312 g/mol. The molecule has 3 heteroatoms. The third-order valence-corrected chi connectivity index (χ3v) is 4.56. The fraction of sp³-hybridized carbons (Fsp3) is 0.409. The Balaban J connectivity index is 1.89. The van der Waals surface area contributed by atoms with E-state index in [0.717, 1.165) is 40.2 Å². The molecule has 3 rings (SSSR count). The summed E-state index contributed by atoms with van der Waals surface area (Å²) in [6.45, 7) is 11.7. The summed E-state index contributed by atoms with van der Waals surface area (Å²) < 4.78 is 10.9. The van der Waals surface area contributed by atoms with Crippen molar-refractivity contribution in [3.8, 4) is 5.75 Å². The van der Waals surface area contributed by atoms with Crippen molar-refractivity contribution in [2.24, 2.45) is 0 Å². The van der Waals surface area contributed by atoms with Crippen LogP contribution >= 0.6 is 0 Å². The SMILES string of the molecule is Cc1cc(OCC2CO2)cc(C)c1C(=O)c1cccc(C(C)(C)C)c1. The smallest absolute Gasteiger partial charge is 0.193 e. The van der Waals surface area contributed by atoms with E-state index in [-0.39, 0.29) is 17.3 Å². The van der Waals surface area contributed by atoms with Crippen LogP contribution in [0.25, 0.3) is 0 Å². The standard InChI is InChI=1S/C22H26O3/c1-14-9-18(24-12-19-13-25-19)10-15(2)20(14)21(23)16-7-6-8-17(11-16)22(3,4)5/h6-11,19H,12-13H2,1-5H3. The molecule has 1 atom stereocenters. The minimum absolute atomic E-state index is 0.0168. The summed E-state index contributed by atoms with van der Waals surface area (Å²) in [5.74, 6) is 0.865.